The molecule has 0 saturated carbocycles. The molecular formula is C16H18F3NO. The maximum Gasteiger partial charge on any atom is 0.416 e. The van der Waals surface area contributed by atoms with E-state index < -0.39 is 17.8 Å². The number of hydrogen-bond donors (Lipinski definition) is 1. The van der Waals surface area contributed by atoms with Crippen molar-refractivity contribution < 1.29 is 17.6 Å². The highest BCUT2D eigenvalue weighted by molar-refractivity contribution is 5.36. The highest BCUT2D eigenvalue weighted by Gasteiger charge is 2.35. The molecule has 21 heavy (non-hydrogen) atoms. The highest BCUT2D eigenvalue weighted by Crippen LogP contribution is 2.36. The molecule has 2 aromatic rings. The smallest absolute Gasteiger partial charge is 0.416 e. The van der Waals surface area contributed by atoms with Gasteiger partial charge in [-0.2, -0.15) is 13.2 Å². The molecule has 0 aliphatic carbocycles. The van der Waals surface area contributed by atoms with Gasteiger partial charge in [0.1, 0.15) is 11.5 Å². The fraction of sp³-hybridized carbons (Fsp3) is 0.375. The number of alkyl halides is 3. The van der Waals surface area contributed by atoms with Crippen LogP contribution in [0.3, 0.4) is 0 Å². The molecule has 0 aliphatic rings. The van der Waals surface area contributed by atoms with Gasteiger partial charge in [0.25, 0.3) is 0 Å². The minimum atomic E-state index is -4.38. The molecule has 0 radical (unpaired) electrons. The van der Waals surface area contributed by atoms with Gasteiger partial charge in [0.2, 0.25) is 0 Å². The number of aryl methyl sites for hydroxylation is 1. The van der Waals surface area contributed by atoms with Crippen molar-refractivity contribution in [1.29, 1.82) is 0 Å². The molecule has 2 nitrogen and oxygen atoms in total. The van der Waals surface area contributed by atoms with E-state index in [1.54, 1.807) is 18.2 Å². The van der Waals surface area contributed by atoms with Gasteiger partial charge in [-0.1, -0.05) is 32.0 Å². The largest absolute Gasteiger partial charge is 0.464 e. The zero-order chi connectivity index (χ0) is 15.5. The maximum absolute atomic E-state index is 13.2. The van der Waals surface area contributed by atoms with Gasteiger partial charge in [-0.05, 0) is 30.3 Å². The van der Waals surface area contributed by atoms with Gasteiger partial charge in [-0.3, -0.25) is 0 Å². The van der Waals surface area contributed by atoms with Crippen molar-refractivity contribution in [3.63, 3.8) is 0 Å². The minimum absolute atomic E-state index is 0.184. The van der Waals surface area contributed by atoms with E-state index >= 15 is 0 Å². The summed E-state index contributed by atoms with van der Waals surface area (Å²) >= 11 is 0. The molecule has 0 spiro atoms. The van der Waals surface area contributed by atoms with Crippen LogP contribution in [0.2, 0.25) is 0 Å². The number of rotatable bonds is 5. The van der Waals surface area contributed by atoms with Crippen molar-refractivity contribution >= 4 is 0 Å². The normalized spacial score (nSPS) is 13.4. The topological polar surface area (TPSA) is 25.2 Å². The summed E-state index contributed by atoms with van der Waals surface area (Å²) in [5.74, 6) is 1.27. The molecule has 1 aromatic heterocycles. The van der Waals surface area contributed by atoms with E-state index in [2.05, 4.69) is 5.32 Å². The van der Waals surface area contributed by atoms with Crippen molar-refractivity contribution in [1.82, 2.24) is 5.32 Å². The summed E-state index contributed by atoms with van der Waals surface area (Å²) in [6.45, 7) is 4.33. The molecule has 114 valence electrons. The first-order valence-corrected chi connectivity index (χ1v) is 6.95. The third kappa shape index (κ3) is 3.47. The molecule has 0 aliphatic heterocycles. The van der Waals surface area contributed by atoms with Crippen LogP contribution in [0.15, 0.2) is 40.8 Å². The van der Waals surface area contributed by atoms with Crippen LogP contribution in [-0.2, 0) is 12.6 Å². The Morgan fingerprint density at radius 1 is 1.10 bits per heavy atom. The molecular weight excluding hydrogens is 279 g/mol. The van der Waals surface area contributed by atoms with Gasteiger partial charge in [0.05, 0.1) is 11.6 Å². The summed E-state index contributed by atoms with van der Waals surface area (Å²) in [6, 6.07) is 8.53. The molecule has 5 heteroatoms. The molecule has 2 rings (SSSR count). The van der Waals surface area contributed by atoms with Crippen molar-refractivity contribution in [3.05, 3.63) is 59.0 Å². The molecule has 1 N–H and O–H groups in total. The van der Waals surface area contributed by atoms with Crippen LogP contribution in [-0.4, -0.2) is 6.54 Å². The van der Waals surface area contributed by atoms with Crippen LogP contribution in [0.25, 0.3) is 0 Å². The third-order valence-corrected chi connectivity index (χ3v) is 3.30. The summed E-state index contributed by atoms with van der Waals surface area (Å²) < 4.78 is 45.2. The lowest BCUT2D eigenvalue weighted by Crippen LogP contribution is -2.24. The number of nitrogens with one attached hydrogen (secondary N) is 1. The predicted molar refractivity (Wildman–Crippen MR) is 75.0 cm³/mol. The van der Waals surface area contributed by atoms with Crippen molar-refractivity contribution in [2.24, 2.45) is 0 Å². The molecule has 1 unspecified atom stereocenters. The van der Waals surface area contributed by atoms with E-state index in [1.807, 2.05) is 13.8 Å². The van der Waals surface area contributed by atoms with E-state index in [0.29, 0.717) is 18.7 Å². The average Bonchev–Trinajstić information content (AvgIpc) is 2.92. The zero-order valence-corrected chi connectivity index (χ0v) is 12.0. The second kappa shape index (κ2) is 6.35. The minimum Gasteiger partial charge on any atom is -0.464 e. The Hall–Kier alpha value is -1.75. The summed E-state index contributed by atoms with van der Waals surface area (Å²) in [4.78, 5) is 0. The van der Waals surface area contributed by atoms with Gasteiger partial charge in [-0.15, -0.1) is 0 Å². The molecule has 0 amide bonds. The standard InChI is InChI=1S/C16H18F3NO/c1-3-11-9-10-14(21-11)15(20-4-2)12-7-5-6-8-13(12)16(17,18)19/h5-10,15,20H,3-4H2,1-2H3. The summed E-state index contributed by atoms with van der Waals surface area (Å²) in [5.41, 5.74) is -0.450. The quantitative estimate of drug-likeness (QED) is 0.875. The zero-order valence-electron chi connectivity index (χ0n) is 12.0. The van der Waals surface area contributed by atoms with Crippen molar-refractivity contribution in [2.75, 3.05) is 6.54 Å². The van der Waals surface area contributed by atoms with E-state index in [0.717, 1.165) is 11.8 Å². The molecule has 0 saturated heterocycles. The van der Waals surface area contributed by atoms with Gasteiger partial charge < -0.3 is 9.73 Å². The maximum atomic E-state index is 13.2. The fourth-order valence-electron chi connectivity index (χ4n) is 2.31. The average molecular weight is 297 g/mol. The first-order chi connectivity index (χ1) is 9.97. The van der Waals surface area contributed by atoms with Crippen LogP contribution in [0.1, 0.15) is 42.5 Å². The monoisotopic (exact) mass is 297 g/mol. The summed E-state index contributed by atoms with van der Waals surface area (Å²) in [6.07, 6.45) is -3.68. The predicted octanol–water partition coefficient (Wildman–Crippen LogP) is 4.56. The van der Waals surface area contributed by atoms with E-state index in [4.69, 9.17) is 4.42 Å². The summed E-state index contributed by atoms with van der Waals surface area (Å²) in [7, 11) is 0. The Balaban J connectivity index is 2.48. The van der Waals surface area contributed by atoms with Gasteiger partial charge in [0.15, 0.2) is 0 Å². The Labute approximate surface area is 122 Å². The lowest BCUT2D eigenvalue weighted by atomic mass is 9.98. The Morgan fingerprint density at radius 3 is 2.38 bits per heavy atom. The lowest BCUT2D eigenvalue weighted by molar-refractivity contribution is -0.138. The molecule has 0 fully saturated rings. The van der Waals surface area contributed by atoms with Gasteiger partial charge >= 0.3 is 6.18 Å². The fourth-order valence-corrected chi connectivity index (χ4v) is 2.31. The first kappa shape index (κ1) is 15.6. The summed E-state index contributed by atoms with van der Waals surface area (Å²) in [5, 5.41) is 3.07. The van der Waals surface area contributed by atoms with E-state index in [9.17, 15) is 13.2 Å². The Kier molecular flexibility index (Phi) is 4.73. The second-order valence-corrected chi connectivity index (χ2v) is 4.73. The molecule has 1 aromatic carbocycles. The van der Waals surface area contributed by atoms with Crippen LogP contribution in [0.5, 0.6) is 0 Å². The van der Waals surface area contributed by atoms with Crippen LogP contribution in [0, 0.1) is 0 Å². The Bertz CT molecular complexity index is 589. The number of benzene rings is 1. The number of furan rings is 1. The van der Waals surface area contributed by atoms with Crippen LogP contribution < -0.4 is 5.32 Å². The molecule has 1 heterocycles. The Morgan fingerprint density at radius 2 is 1.81 bits per heavy atom. The van der Waals surface area contributed by atoms with Crippen molar-refractivity contribution in [3.8, 4) is 0 Å². The highest BCUT2D eigenvalue weighted by atomic mass is 19.4. The van der Waals surface area contributed by atoms with Crippen molar-refractivity contribution in [2.45, 2.75) is 32.5 Å². The van der Waals surface area contributed by atoms with Crippen LogP contribution in [0.4, 0.5) is 13.2 Å². The molecule has 1 atom stereocenters. The van der Waals surface area contributed by atoms with Crippen LogP contribution >= 0.6 is 0 Å². The van der Waals surface area contributed by atoms with Gasteiger partial charge in [0, 0.05) is 6.42 Å². The number of halogens is 3. The third-order valence-electron chi connectivity index (χ3n) is 3.30. The number of hydrogen-bond acceptors (Lipinski definition) is 2. The van der Waals surface area contributed by atoms with Gasteiger partial charge in [-0.25, -0.2) is 0 Å². The lowest BCUT2D eigenvalue weighted by Gasteiger charge is -2.20. The SMILES string of the molecule is CCNC(c1ccc(CC)o1)c1ccccc1C(F)(F)F. The molecule has 0 bridgehead atoms. The first-order valence-electron chi connectivity index (χ1n) is 6.95. The van der Waals surface area contributed by atoms with E-state index in [-0.39, 0.29) is 5.56 Å². The van der Waals surface area contributed by atoms with E-state index in [1.165, 1.54) is 12.1 Å². The second-order valence-electron chi connectivity index (χ2n) is 4.73.